The van der Waals surface area contributed by atoms with Crippen molar-refractivity contribution in [2.75, 3.05) is 11.9 Å². The fourth-order valence-corrected chi connectivity index (χ4v) is 2.54. The molecular formula is C15H20F2N2O. The Morgan fingerprint density at radius 2 is 1.65 bits per heavy atom. The zero-order valence-corrected chi connectivity index (χ0v) is 11.4. The van der Waals surface area contributed by atoms with Gasteiger partial charge >= 0.3 is 0 Å². The van der Waals surface area contributed by atoms with Crippen molar-refractivity contribution in [3.8, 4) is 0 Å². The molecule has 110 valence electrons. The van der Waals surface area contributed by atoms with Gasteiger partial charge < -0.3 is 10.6 Å². The highest BCUT2D eigenvalue weighted by atomic mass is 19.1. The largest absolute Gasteiger partial charge is 0.376 e. The number of anilines is 1. The average molecular weight is 282 g/mol. The van der Waals surface area contributed by atoms with E-state index >= 15 is 0 Å². The maximum absolute atomic E-state index is 13.0. The van der Waals surface area contributed by atoms with Crippen LogP contribution >= 0.6 is 0 Å². The highest BCUT2D eigenvalue weighted by molar-refractivity contribution is 5.80. The van der Waals surface area contributed by atoms with Gasteiger partial charge in [0.05, 0.1) is 6.54 Å². The summed E-state index contributed by atoms with van der Waals surface area (Å²) in [6.45, 7) is 0.0272. The number of amides is 1. The van der Waals surface area contributed by atoms with Gasteiger partial charge in [-0.25, -0.2) is 8.78 Å². The molecule has 1 amide bonds. The van der Waals surface area contributed by atoms with E-state index in [4.69, 9.17) is 0 Å². The lowest BCUT2D eigenvalue weighted by Gasteiger charge is -2.16. The van der Waals surface area contributed by atoms with Gasteiger partial charge in [-0.2, -0.15) is 0 Å². The molecule has 2 N–H and O–H groups in total. The van der Waals surface area contributed by atoms with Gasteiger partial charge in [-0.15, -0.1) is 0 Å². The highest BCUT2D eigenvalue weighted by Crippen LogP contribution is 2.17. The van der Waals surface area contributed by atoms with E-state index in [-0.39, 0.29) is 24.2 Å². The molecule has 3 nitrogen and oxygen atoms in total. The second-order valence-corrected chi connectivity index (χ2v) is 5.27. The van der Waals surface area contributed by atoms with E-state index in [1.54, 1.807) is 0 Å². The molecule has 0 saturated heterocycles. The second-order valence-electron chi connectivity index (χ2n) is 5.27. The molecular weight excluding hydrogens is 262 g/mol. The number of halogens is 2. The van der Waals surface area contributed by atoms with Crippen LogP contribution in [0, 0.1) is 11.6 Å². The van der Waals surface area contributed by atoms with Crippen LogP contribution in [0.3, 0.4) is 0 Å². The van der Waals surface area contributed by atoms with Crippen LogP contribution < -0.4 is 10.6 Å². The fourth-order valence-electron chi connectivity index (χ4n) is 2.54. The number of rotatable bonds is 4. The normalized spacial score (nSPS) is 16.5. The van der Waals surface area contributed by atoms with Crippen LogP contribution in [-0.4, -0.2) is 18.5 Å². The molecule has 0 bridgehead atoms. The van der Waals surface area contributed by atoms with Crippen LogP contribution in [0.15, 0.2) is 18.2 Å². The van der Waals surface area contributed by atoms with Crippen LogP contribution in [-0.2, 0) is 4.79 Å². The lowest BCUT2D eigenvalue weighted by molar-refractivity contribution is -0.120. The molecule has 1 aromatic carbocycles. The molecule has 2 rings (SSSR count). The van der Waals surface area contributed by atoms with Crippen molar-refractivity contribution in [1.82, 2.24) is 5.32 Å². The quantitative estimate of drug-likeness (QED) is 0.833. The van der Waals surface area contributed by atoms with Gasteiger partial charge in [0, 0.05) is 17.8 Å². The third-order valence-corrected chi connectivity index (χ3v) is 3.54. The second kappa shape index (κ2) is 7.22. The lowest BCUT2D eigenvalue weighted by Crippen LogP contribution is -2.38. The number of benzene rings is 1. The maximum atomic E-state index is 13.0. The van der Waals surface area contributed by atoms with Crippen molar-refractivity contribution in [2.24, 2.45) is 0 Å². The summed E-state index contributed by atoms with van der Waals surface area (Å²) in [5.74, 6) is -1.45. The summed E-state index contributed by atoms with van der Waals surface area (Å²) in [6.07, 6.45) is 6.78. The van der Waals surface area contributed by atoms with Crippen molar-refractivity contribution >= 4 is 11.6 Å². The number of hydrogen-bond donors (Lipinski definition) is 2. The molecule has 20 heavy (non-hydrogen) atoms. The molecule has 1 fully saturated rings. The Morgan fingerprint density at radius 3 is 2.25 bits per heavy atom. The summed E-state index contributed by atoms with van der Waals surface area (Å²) < 4.78 is 26.0. The zero-order valence-electron chi connectivity index (χ0n) is 11.4. The summed E-state index contributed by atoms with van der Waals surface area (Å²) >= 11 is 0. The van der Waals surface area contributed by atoms with Gasteiger partial charge in [-0.05, 0) is 25.0 Å². The molecule has 0 aliphatic heterocycles. The Labute approximate surface area is 117 Å². The lowest BCUT2D eigenvalue weighted by atomic mass is 10.1. The van der Waals surface area contributed by atoms with Crippen molar-refractivity contribution in [1.29, 1.82) is 0 Å². The van der Waals surface area contributed by atoms with Crippen molar-refractivity contribution in [3.63, 3.8) is 0 Å². The minimum absolute atomic E-state index is 0.0272. The van der Waals surface area contributed by atoms with Gasteiger partial charge in [-0.3, -0.25) is 4.79 Å². The third kappa shape index (κ3) is 4.79. The first kappa shape index (κ1) is 14.8. The Kier molecular flexibility index (Phi) is 5.32. The van der Waals surface area contributed by atoms with Crippen molar-refractivity contribution < 1.29 is 13.6 Å². The van der Waals surface area contributed by atoms with Crippen LogP contribution in [0.25, 0.3) is 0 Å². The smallest absolute Gasteiger partial charge is 0.239 e. The van der Waals surface area contributed by atoms with E-state index in [0.29, 0.717) is 0 Å². The summed E-state index contributed by atoms with van der Waals surface area (Å²) in [6, 6.07) is 3.37. The van der Waals surface area contributed by atoms with Gasteiger partial charge in [0.25, 0.3) is 0 Å². The van der Waals surface area contributed by atoms with E-state index in [1.807, 2.05) is 0 Å². The molecule has 1 saturated carbocycles. The summed E-state index contributed by atoms with van der Waals surface area (Å²) in [5, 5.41) is 5.71. The van der Waals surface area contributed by atoms with Gasteiger partial charge in [0.2, 0.25) is 5.91 Å². The van der Waals surface area contributed by atoms with E-state index in [1.165, 1.54) is 25.0 Å². The number of nitrogens with one attached hydrogen (secondary N) is 2. The first-order valence-electron chi connectivity index (χ1n) is 7.13. The molecule has 0 aromatic heterocycles. The molecule has 0 radical (unpaired) electrons. The van der Waals surface area contributed by atoms with E-state index in [0.717, 1.165) is 31.7 Å². The van der Waals surface area contributed by atoms with Crippen molar-refractivity contribution in [2.45, 2.75) is 44.6 Å². The predicted molar refractivity (Wildman–Crippen MR) is 74.5 cm³/mol. The molecule has 0 atom stereocenters. The standard InChI is InChI=1S/C15H20F2N2O/c16-11-7-12(17)9-14(8-11)18-10-15(20)19-13-5-3-1-2-4-6-13/h7-9,13,18H,1-6,10H2,(H,19,20). The number of hydrogen-bond acceptors (Lipinski definition) is 2. The zero-order chi connectivity index (χ0) is 14.4. The minimum atomic E-state index is -0.656. The summed E-state index contributed by atoms with van der Waals surface area (Å²) in [4.78, 5) is 11.8. The average Bonchev–Trinajstić information content (AvgIpc) is 2.64. The van der Waals surface area contributed by atoms with E-state index in [9.17, 15) is 13.6 Å². The SMILES string of the molecule is O=C(CNc1cc(F)cc(F)c1)NC1CCCCCC1. The molecule has 0 heterocycles. The van der Waals surface area contributed by atoms with Crippen LogP contribution in [0.4, 0.5) is 14.5 Å². The van der Waals surface area contributed by atoms with E-state index < -0.39 is 11.6 Å². The molecule has 5 heteroatoms. The minimum Gasteiger partial charge on any atom is -0.376 e. The molecule has 1 aliphatic carbocycles. The molecule has 0 unspecified atom stereocenters. The van der Waals surface area contributed by atoms with Gasteiger partial charge in [-0.1, -0.05) is 25.7 Å². The predicted octanol–water partition coefficient (Wildman–Crippen LogP) is 3.22. The van der Waals surface area contributed by atoms with Gasteiger partial charge in [0.1, 0.15) is 11.6 Å². The van der Waals surface area contributed by atoms with Crippen LogP contribution in [0.5, 0.6) is 0 Å². The van der Waals surface area contributed by atoms with Crippen LogP contribution in [0.2, 0.25) is 0 Å². The van der Waals surface area contributed by atoms with Gasteiger partial charge in [0.15, 0.2) is 0 Å². The Bertz CT molecular complexity index is 437. The fraction of sp³-hybridized carbons (Fsp3) is 0.533. The van der Waals surface area contributed by atoms with E-state index in [2.05, 4.69) is 10.6 Å². The topological polar surface area (TPSA) is 41.1 Å². The summed E-state index contributed by atoms with van der Waals surface area (Å²) in [7, 11) is 0. The highest BCUT2D eigenvalue weighted by Gasteiger charge is 2.14. The molecule has 1 aliphatic rings. The Morgan fingerprint density at radius 1 is 1.05 bits per heavy atom. The first-order valence-corrected chi connectivity index (χ1v) is 7.13. The number of carbonyl (C=O) groups is 1. The third-order valence-electron chi connectivity index (χ3n) is 3.54. The maximum Gasteiger partial charge on any atom is 0.239 e. The summed E-state index contributed by atoms with van der Waals surface area (Å²) in [5.41, 5.74) is 0.276. The number of carbonyl (C=O) groups excluding carboxylic acids is 1. The van der Waals surface area contributed by atoms with Crippen LogP contribution in [0.1, 0.15) is 38.5 Å². The Hall–Kier alpha value is -1.65. The first-order chi connectivity index (χ1) is 9.63. The molecule has 0 spiro atoms. The van der Waals surface area contributed by atoms with Crippen molar-refractivity contribution in [3.05, 3.63) is 29.8 Å². The monoisotopic (exact) mass is 282 g/mol. The molecule has 1 aromatic rings. The Balaban J connectivity index is 1.79.